The molecular weight excluding hydrogens is 344 g/mol. The molecule has 1 aliphatic carbocycles. The third kappa shape index (κ3) is 4.03. The molecule has 3 rings (SSSR count). The molecule has 0 spiro atoms. The van der Waals surface area contributed by atoms with Gasteiger partial charge in [0, 0.05) is 6.07 Å². The lowest BCUT2D eigenvalue weighted by molar-refractivity contribution is -0.380. The second-order valence-electron chi connectivity index (χ2n) is 5.68. The minimum atomic E-state index is -0.739. The van der Waals surface area contributed by atoms with Crippen LogP contribution in [0.1, 0.15) is 39.7 Å². The Morgan fingerprint density at radius 2 is 2.08 bits per heavy atom. The maximum absolute atomic E-state index is 12.1. The van der Waals surface area contributed by atoms with Gasteiger partial charge >= 0.3 is 11.0 Å². The smallest absolute Gasteiger partial charge is 0.349 e. The standard InChI is InChI=1S/C17H16N2O5S/c20-15(10-24-17(21)14-8-9-16(25-14)19(22)23)18-13-7-3-5-11-4-1-2-6-12(11)13/h1-2,4,6,8-9,13H,3,5,7,10H2,(H,18,20). The van der Waals surface area contributed by atoms with Crippen molar-refractivity contribution in [1.29, 1.82) is 0 Å². The summed E-state index contributed by atoms with van der Waals surface area (Å²) in [5, 5.41) is 13.4. The number of hydrogen-bond donors (Lipinski definition) is 1. The molecule has 1 aromatic carbocycles. The van der Waals surface area contributed by atoms with Crippen LogP contribution in [0.3, 0.4) is 0 Å². The van der Waals surface area contributed by atoms with Gasteiger partial charge in [-0.05, 0) is 36.5 Å². The molecule has 0 radical (unpaired) electrons. The summed E-state index contributed by atoms with van der Waals surface area (Å²) in [6.45, 7) is -0.413. The van der Waals surface area contributed by atoms with Crippen molar-refractivity contribution in [1.82, 2.24) is 5.32 Å². The van der Waals surface area contributed by atoms with Gasteiger partial charge in [0.2, 0.25) is 0 Å². The van der Waals surface area contributed by atoms with E-state index in [1.165, 1.54) is 17.7 Å². The van der Waals surface area contributed by atoms with Gasteiger partial charge in [0.1, 0.15) is 4.88 Å². The van der Waals surface area contributed by atoms with Gasteiger partial charge in [-0.3, -0.25) is 14.9 Å². The number of aryl methyl sites for hydroxylation is 1. The van der Waals surface area contributed by atoms with Crippen molar-refractivity contribution in [2.24, 2.45) is 0 Å². The van der Waals surface area contributed by atoms with Crippen molar-refractivity contribution in [3.05, 3.63) is 62.5 Å². The van der Waals surface area contributed by atoms with Crippen molar-refractivity contribution in [3.63, 3.8) is 0 Å². The fourth-order valence-electron chi connectivity index (χ4n) is 2.88. The number of esters is 1. The van der Waals surface area contributed by atoms with E-state index in [1.807, 2.05) is 18.2 Å². The predicted molar refractivity (Wildman–Crippen MR) is 91.5 cm³/mol. The Hall–Kier alpha value is -2.74. The Labute approximate surface area is 147 Å². The topological polar surface area (TPSA) is 98.5 Å². The summed E-state index contributed by atoms with van der Waals surface area (Å²) in [5.74, 6) is -1.13. The van der Waals surface area contributed by atoms with Crippen LogP contribution >= 0.6 is 11.3 Å². The lowest BCUT2D eigenvalue weighted by Gasteiger charge is -2.26. The lowest BCUT2D eigenvalue weighted by atomic mass is 9.88. The van der Waals surface area contributed by atoms with Crippen molar-refractivity contribution < 1.29 is 19.2 Å². The first kappa shape index (κ1) is 17.1. The average molecular weight is 360 g/mol. The summed E-state index contributed by atoms with van der Waals surface area (Å²) < 4.78 is 4.95. The van der Waals surface area contributed by atoms with Gasteiger partial charge < -0.3 is 10.1 Å². The van der Waals surface area contributed by atoms with Crippen LogP contribution in [0.4, 0.5) is 5.00 Å². The number of rotatable bonds is 5. The molecule has 25 heavy (non-hydrogen) atoms. The molecule has 1 unspecified atom stereocenters. The first-order valence-corrected chi connectivity index (χ1v) is 8.65. The quantitative estimate of drug-likeness (QED) is 0.502. The molecule has 0 aliphatic heterocycles. The Morgan fingerprint density at radius 3 is 2.84 bits per heavy atom. The molecule has 7 nitrogen and oxygen atoms in total. The Balaban J connectivity index is 1.55. The molecule has 1 N–H and O–H groups in total. The van der Waals surface area contributed by atoms with Gasteiger partial charge in [-0.2, -0.15) is 0 Å². The minimum absolute atomic E-state index is 0.0843. The van der Waals surface area contributed by atoms with Crippen molar-refractivity contribution in [2.75, 3.05) is 6.61 Å². The number of fused-ring (bicyclic) bond motifs is 1. The van der Waals surface area contributed by atoms with Crippen molar-refractivity contribution in [3.8, 4) is 0 Å². The fraction of sp³-hybridized carbons (Fsp3) is 0.294. The molecule has 8 heteroatoms. The van der Waals surface area contributed by atoms with Gasteiger partial charge in [0.15, 0.2) is 6.61 Å². The van der Waals surface area contributed by atoms with Gasteiger partial charge in [-0.15, -0.1) is 0 Å². The van der Waals surface area contributed by atoms with Crippen LogP contribution < -0.4 is 5.32 Å². The molecule has 1 aliphatic rings. The number of amides is 1. The zero-order valence-corrected chi connectivity index (χ0v) is 14.1. The van der Waals surface area contributed by atoms with Crippen LogP contribution in [0.15, 0.2) is 36.4 Å². The summed E-state index contributed by atoms with van der Waals surface area (Å²) in [4.78, 5) is 34.1. The third-order valence-electron chi connectivity index (χ3n) is 4.01. The average Bonchev–Trinajstić information content (AvgIpc) is 3.10. The highest BCUT2D eigenvalue weighted by atomic mass is 32.1. The first-order chi connectivity index (χ1) is 12.0. The van der Waals surface area contributed by atoms with E-state index in [4.69, 9.17) is 4.74 Å². The van der Waals surface area contributed by atoms with Crippen LogP contribution in [0.5, 0.6) is 0 Å². The highest BCUT2D eigenvalue weighted by Crippen LogP contribution is 2.29. The molecule has 1 heterocycles. The zero-order valence-electron chi connectivity index (χ0n) is 13.3. The third-order valence-corrected chi connectivity index (χ3v) is 5.03. The molecule has 0 fully saturated rings. The minimum Gasteiger partial charge on any atom is -0.451 e. The lowest BCUT2D eigenvalue weighted by Crippen LogP contribution is -2.34. The van der Waals surface area contributed by atoms with E-state index in [1.54, 1.807) is 0 Å². The summed E-state index contributed by atoms with van der Waals surface area (Å²) in [7, 11) is 0. The molecule has 2 aromatic rings. The fourth-order valence-corrected chi connectivity index (χ4v) is 3.59. The molecule has 0 bridgehead atoms. The van der Waals surface area contributed by atoms with E-state index < -0.39 is 17.5 Å². The maximum Gasteiger partial charge on any atom is 0.349 e. The van der Waals surface area contributed by atoms with E-state index >= 15 is 0 Å². The van der Waals surface area contributed by atoms with Crippen LogP contribution in [-0.4, -0.2) is 23.4 Å². The predicted octanol–water partition coefficient (Wildman–Crippen LogP) is 3.01. The number of nitrogens with one attached hydrogen (secondary N) is 1. The van der Waals surface area contributed by atoms with E-state index in [0.717, 1.165) is 36.2 Å². The van der Waals surface area contributed by atoms with Gasteiger partial charge in [-0.1, -0.05) is 35.6 Å². The number of nitro groups is 1. The van der Waals surface area contributed by atoms with E-state index in [2.05, 4.69) is 11.4 Å². The molecule has 1 aromatic heterocycles. The van der Waals surface area contributed by atoms with E-state index in [9.17, 15) is 19.7 Å². The summed E-state index contributed by atoms with van der Waals surface area (Å²) >= 11 is 0.722. The molecule has 1 amide bonds. The monoisotopic (exact) mass is 360 g/mol. The second kappa shape index (κ2) is 7.43. The van der Waals surface area contributed by atoms with Crippen LogP contribution in [0.2, 0.25) is 0 Å². The number of thiophene rings is 1. The summed E-state index contributed by atoms with van der Waals surface area (Å²) in [6, 6.07) is 10.4. The van der Waals surface area contributed by atoms with Gasteiger partial charge in [0.25, 0.3) is 5.91 Å². The Kier molecular flexibility index (Phi) is 5.08. The zero-order chi connectivity index (χ0) is 17.8. The summed E-state index contributed by atoms with van der Waals surface area (Å²) in [6.07, 6.45) is 2.82. The van der Waals surface area contributed by atoms with Crippen molar-refractivity contribution >= 4 is 28.2 Å². The SMILES string of the molecule is O=C(COC(=O)c1ccc([N+](=O)[O-])s1)NC1CCCc2ccccc21. The van der Waals surface area contributed by atoms with Crippen LogP contribution in [-0.2, 0) is 16.0 Å². The van der Waals surface area contributed by atoms with E-state index in [0.29, 0.717) is 0 Å². The Bertz CT molecular complexity index is 817. The highest BCUT2D eigenvalue weighted by Gasteiger charge is 2.22. The largest absolute Gasteiger partial charge is 0.451 e. The molecule has 130 valence electrons. The maximum atomic E-state index is 12.1. The number of hydrogen-bond acceptors (Lipinski definition) is 6. The van der Waals surface area contributed by atoms with Gasteiger partial charge in [-0.25, -0.2) is 4.79 Å². The van der Waals surface area contributed by atoms with Crippen LogP contribution in [0, 0.1) is 10.1 Å². The molecule has 0 saturated heterocycles. The Morgan fingerprint density at radius 1 is 1.28 bits per heavy atom. The highest BCUT2D eigenvalue weighted by molar-refractivity contribution is 7.17. The summed E-state index contributed by atoms with van der Waals surface area (Å²) in [5.41, 5.74) is 2.32. The molecule has 0 saturated carbocycles. The number of nitrogens with zero attached hydrogens (tertiary/aromatic N) is 1. The van der Waals surface area contributed by atoms with Gasteiger partial charge in [0.05, 0.1) is 11.0 Å². The van der Waals surface area contributed by atoms with E-state index in [-0.39, 0.29) is 21.8 Å². The normalized spacial score (nSPS) is 15.9. The number of carbonyl (C=O) groups excluding carboxylic acids is 2. The number of carbonyl (C=O) groups is 2. The number of ether oxygens (including phenoxy) is 1. The number of benzene rings is 1. The van der Waals surface area contributed by atoms with Crippen molar-refractivity contribution in [2.45, 2.75) is 25.3 Å². The molecule has 1 atom stereocenters. The van der Waals surface area contributed by atoms with Crippen LogP contribution in [0.25, 0.3) is 0 Å². The first-order valence-electron chi connectivity index (χ1n) is 7.83. The second-order valence-corrected chi connectivity index (χ2v) is 6.74. The molecular formula is C17H16N2O5S.